The van der Waals surface area contributed by atoms with E-state index in [0.29, 0.717) is 35.9 Å². The Kier molecular flexibility index (Phi) is 5.01. The molecule has 1 aromatic heterocycles. The number of ether oxygens (including phenoxy) is 2. The molecule has 2 aliphatic rings. The summed E-state index contributed by atoms with van der Waals surface area (Å²) < 4.78 is 11.4. The molecule has 0 aliphatic heterocycles. The Hall–Kier alpha value is -2.56. The molecule has 1 heterocycles. The SMILES string of the molecule is CCOc1ccccc1Oc1ccc(CNC(=O)C2CC23CCCC3)cn1. The normalized spacial score (nSPS) is 19.7. The number of nitrogens with zero attached hydrogens (tertiary/aromatic N) is 1. The summed E-state index contributed by atoms with van der Waals surface area (Å²) in [5.41, 5.74) is 1.31. The van der Waals surface area contributed by atoms with Crippen molar-refractivity contribution < 1.29 is 14.3 Å². The van der Waals surface area contributed by atoms with Crippen molar-refractivity contribution >= 4 is 5.91 Å². The van der Waals surface area contributed by atoms with Crippen molar-refractivity contribution in [2.75, 3.05) is 6.61 Å². The summed E-state index contributed by atoms with van der Waals surface area (Å²) in [5.74, 6) is 2.27. The van der Waals surface area contributed by atoms with Gasteiger partial charge in [-0.3, -0.25) is 4.79 Å². The van der Waals surface area contributed by atoms with Crippen LogP contribution in [0.4, 0.5) is 0 Å². The van der Waals surface area contributed by atoms with Gasteiger partial charge in [-0.05, 0) is 49.3 Å². The molecule has 2 fully saturated rings. The molecule has 0 radical (unpaired) electrons. The molecule has 1 amide bonds. The van der Waals surface area contributed by atoms with E-state index in [-0.39, 0.29) is 11.8 Å². The summed E-state index contributed by atoms with van der Waals surface area (Å²) in [5, 5.41) is 3.07. The number of hydrogen-bond acceptors (Lipinski definition) is 4. The number of carbonyl (C=O) groups excluding carboxylic acids is 1. The Labute approximate surface area is 160 Å². The van der Waals surface area contributed by atoms with Crippen LogP contribution in [0.3, 0.4) is 0 Å². The third-order valence-corrected chi connectivity index (χ3v) is 5.73. The lowest BCUT2D eigenvalue weighted by Crippen LogP contribution is -2.26. The van der Waals surface area contributed by atoms with E-state index < -0.39 is 0 Å². The molecule has 1 N–H and O–H groups in total. The standard InChI is InChI=1S/C22H26N2O3/c1-2-26-18-7-3-4-8-19(18)27-20-10-9-16(14-23-20)15-24-21(25)17-13-22(17)11-5-6-12-22/h3-4,7-10,14,17H,2,5-6,11-13,15H2,1H3,(H,24,25). The lowest BCUT2D eigenvalue weighted by molar-refractivity contribution is -0.123. The fraction of sp³-hybridized carbons (Fsp3) is 0.455. The van der Waals surface area contributed by atoms with Gasteiger partial charge in [0, 0.05) is 24.7 Å². The number of carbonyl (C=O) groups is 1. The average Bonchev–Trinajstić information content (AvgIpc) is 3.19. The molecule has 2 aliphatic carbocycles. The molecule has 1 aromatic carbocycles. The van der Waals surface area contributed by atoms with Crippen LogP contribution in [0.15, 0.2) is 42.6 Å². The number of benzene rings is 1. The van der Waals surface area contributed by atoms with Crippen molar-refractivity contribution in [3.05, 3.63) is 48.2 Å². The predicted molar refractivity (Wildman–Crippen MR) is 103 cm³/mol. The highest BCUT2D eigenvalue weighted by atomic mass is 16.5. The van der Waals surface area contributed by atoms with Crippen LogP contribution in [0.2, 0.25) is 0 Å². The molecule has 1 spiro atoms. The first kappa shape index (κ1) is 17.8. The van der Waals surface area contributed by atoms with E-state index in [1.807, 2.05) is 43.3 Å². The Morgan fingerprint density at radius 3 is 2.67 bits per heavy atom. The van der Waals surface area contributed by atoms with Gasteiger partial charge in [0.25, 0.3) is 0 Å². The molecule has 5 nitrogen and oxygen atoms in total. The Morgan fingerprint density at radius 1 is 1.19 bits per heavy atom. The second-order valence-electron chi connectivity index (χ2n) is 7.53. The number of pyridine rings is 1. The van der Waals surface area contributed by atoms with Crippen LogP contribution in [0.1, 0.15) is 44.6 Å². The van der Waals surface area contributed by atoms with Crippen molar-refractivity contribution in [3.8, 4) is 17.4 Å². The maximum Gasteiger partial charge on any atom is 0.223 e. The molecule has 0 bridgehead atoms. The number of amides is 1. The van der Waals surface area contributed by atoms with Crippen molar-refractivity contribution in [1.29, 1.82) is 0 Å². The van der Waals surface area contributed by atoms with Crippen LogP contribution in [-0.2, 0) is 11.3 Å². The summed E-state index contributed by atoms with van der Waals surface area (Å²) in [4.78, 5) is 16.7. The maximum atomic E-state index is 12.4. The summed E-state index contributed by atoms with van der Waals surface area (Å²) in [6.07, 6.45) is 7.83. The van der Waals surface area contributed by atoms with Crippen LogP contribution in [-0.4, -0.2) is 17.5 Å². The molecule has 27 heavy (non-hydrogen) atoms. The largest absolute Gasteiger partial charge is 0.490 e. The summed E-state index contributed by atoms with van der Waals surface area (Å²) in [6.45, 7) is 3.03. The van der Waals surface area contributed by atoms with Crippen LogP contribution in [0, 0.1) is 11.3 Å². The first-order chi connectivity index (χ1) is 13.2. The quantitative estimate of drug-likeness (QED) is 0.785. The van der Waals surface area contributed by atoms with Gasteiger partial charge >= 0.3 is 0 Å². The van der Waals surface area contributed by atoms with E-state index in [4.69, 9.17) is 9.47 Å². The third-order valence-electron chi connectivity index (χ3n) is 5.73. The zero-order valence-corrected chi connectivity index (χ0v) is 15.7. The van der Waals surface area contributed by atoms with E-state index >= 15 is 0 Å². The van der Waals surface area contributed by atoms with E-state index in [2.05, 4.69) is 10.3 Å². The van der Waals surface area contributed by atoms with Gasteiger partial charge in [0.2, 0.25) is 11.8 Å². The highest BCUT2D eigenvalue weighted by Gasteiger charge is 2.58. The topological polar surface area (TPSA) is 60.5 Å². The molecular weight excluding hydrogens is 340 g/mol. The second kappa shape index (κ2) is 7.59. The van der Waals surface area contributed by atoms with Crippen LogP contribution in [0.25, 0.3) is 0 Å². The number of rotatable bonds is 7. The van der Waals surface area contributed by atoms with E-state index in [9.17, 15) is 4.79 Å². The molecular formula is C22H26N2O3. The third kappa shape index (κ3) is 3.92. The van der Waals surface area contributed by atoms with Gasteiger partial charge in [-0.25, -0.2) is 4.98 Å². The lowest BCUT2D eigenvalue weighted by atomic mass is 10.0. The van der Waals surface area contributed by atoms with E-state index in [0.717, 1.165) is 12.0 Å². The van der Waals surface area contributed by atoms with Crippen LogP contribution >= 0.6 is 0 Å². The first-order valence-corrected chi connectivity index (χ1v) is 9.82. The lowest BCUT2D eigenvalue weighted by Gasteiger charge is -2.11. The molecule has 4 rings (SSSR count). The fourth-order valence-corrected chi connectivity index (χ4v) is 4.16. The molecule has 142 valence electrons. The monoisotopic (exact) mass is 366 g/mol. The zero-order valence-electron chi connectivity index (χ0n) is 15.7. The van der Waals surface area contributed by atoms with Crippen molar-refractivity contribution in [3.63, 3.8) is 0 Å². The predicted octanol–water partition coefficient (Wildman–Crippen LogP) is 4.47. The number of para-hydroxylation sites is 2. The Morgan fingerprint density at radius 2 is 1.96 bits per heavy atom. The summed E-state index contributed by atoms with van der Waals surface area (Å²) in [7, 11) is 0. The first-order valence-electron chi connectivity index (χ1n) is 9.82. The maximum absolute atomic E-state index is 12.4. The summed E-state index contributed by atoms with van der Waals surface area (Å²) >= 11 is 0. The second-order valence-corrected chi connectivity index (χ2v) is 7.53. The minimum Gasteiger partial charge on any atom is -0.490 e. The Balaban J connectivity index is 1.31. The highest BCUT2D eigenvalue weighted by molar-refractivity contribution is 5.82. The zero-order chi connectivity index (χ0) is 18.7. The Bertz CT molecular complexity index is 797. The van der Waals surface area contributed by atoms with Crippen LogP contribution < -0.4 is 14.8 Å². The molecule has 2 aromatic rings. The average molecular weight is 366 g/mol. The number of nitrogens with one attached hydrogen (secondary N) is 1. The van der Waals surface area contributed by atoms with Crippen molar-refractivity contribution in [1.82, 2.24) is 10.3 Å². The number of hydrogen-bond donors (Lipinski definition) is 1. The van der Waals surface area contributed by atoms with Crippen molar-refractivity contribution in [2.45, 2.75) is 45.6 Å². The number of aromatic nitrogens is 1. The van der Waals surface area contributed by atoms with Gasteiger partial charge in [-0.2, -0.15) is 0 Å². The minimum absolute atomic E-state index is 0.197. The fourth-order valence-electron chi connectivity index (χ4n) is 4.16. The smallest absolute Gasteiger partial charge is 0.223 e. The van der Waals surface area contributed by atoms with E-state index in [1.54, 1.807) is 6.20 Å². The molecule has 1 atom stereocenters. The van der Waals surface area contributed by atoms with Gasteiger partial charge in [0.1, 0.15) is 0 Å². The van der Waals surface area contributed by atoms with Gasteiger partial charge in [-0.15, -0.1) is 0 Å². The molecule has 1 unspecified atom stereocenters. The van der Waals surface area contributed by atoms with Gasteiger partial charge in [0.05, 0.1) is 6.61 Å². The molecule has 5 heteroatoms. The minimum atomic E-state index is 0.197. The van der Waals surface area contributed by atoms with Gasteiger partial charge in [-0.1, -0.05) is 31.0 Å². The van der Waals surface area contributed by atoms with E-state index in [1.165, 1.54) is 25.7 Å². The molecule has 0 saturated heterocycles. The van der Waals surface area contributed by atoms with Crippen LogP contribution in [0.5, 0.6) is 17.4 Å². The summed E-state index contributed by atoms with van der Waals surface area (Å²) in [6, 6.07) is 11.3. The van der Waals surface area contributed by atoms with Gasteiger partial charge < -0.3 is 14.8 Å². The van der Waals surface area contributed by atoms with Gasteiger partial charge in [0.15, 0.2) is 11.5 Å². The highest BCUT2D eigenvalue weighted by Crippen LogP contribution is 2.62. The van der Waals surface area contributed by atoms with Crippen molar-refractivity contribution in [2.24, 2.45) is 11.3 Å². The molecule has 2 saturated carbocycles.